The molecular formula is C15H28N2O4S. The monoisotopic (exact) mass is 332 g/mol. The average molecular weight is 332 g/mol. The lowest BCUT2D eigenvalue weighted by Crippen LogP contribution is -2.54. The van der Waals surface area contributed by atoms with E-state index < -0.39 is 10.0 Å². The standard InChI is InChI=1S/C15H28N2O4S/c1-5-12-9-17(22(19,20)10(2)3)7-6-13(12)16-14-8-11(4)21-15(14)18/h10-14,16H,5-9H2,1-4H3/t11-,12-,13+,14-/m1/s1. The smallest absolute Gasteiger partial charge is 0.323 e. The number of hydrogen-bond donors (Lipinski definition) is 1. The van der Waals surface area contributed by atoms with Crippen molar-refractivity contribution in [2.45, 2.75) is 70.4 Å². The molecule has 0 saturated carbocycles. The van der Waals surface area contributed by atoms with Crippen LogP contribution in [0.1, 0.15) is 47.0 Å². The quantitative estimate of drug-likeness (QED) is 0.764. The number of sulfonamides is 1. The van der Waals surface area contributed by atoms with Gasteiger partial charge >= 0.3 is 5.97 Å². The van der Waals surface area contributed by atoms with Gasteiger partial charge in [-0.1, -0.05) is 13.3 Å². The molecule has 0 spiro atoms. The molecule has 0 aliphatic carbocycles. The summed E-state index contributed by atoms with van der Waals surface area (Å²) in [6, 6.07) is -0.0752. The van der Waals surface area contributed by atoms with Crippen molar-refractivity contribution in [3.63, 3.8) is 0 Å². The zero-order valence-corrected chi connectivity index (χ0v) is 14.7. The van der Waals surface area contributed by atoms with Gasteiger partial charge in [-0.05, 0) is 33.1 Å². The van der Waals surface area contributed by atoms with Crippen LogP contribution in [0.4, 0.5) is 0 Å². The molecule has 0 bridgehead atoms. The van der Waals surface area contributed by atoms with Gasteiger partial charge in [-0.3, -0.25) is 4.79 Å². The van der Waals surface area contributed by atoms with Crippen molar-refractivity contribution in [1.82, 2.24) is 9.62 Å². The van der Waals surface area contributed by atoms with Crippen molar-refractivity contribution >= 4 is 16.0 Å². The van der Waals surface area contributed by atoms with E-state index in [1.165, 1.54) is 0 Å². The zero-order chi connectivity index (χ0) is 16.5. The largest absolute Gasteiger partial charge is 0.461 e. The fourth-order valence-corrected chi connectivity index (χ4v) is 4.67. The number of ether oxygens (including phenoxy) is 1. The Balaban J connectivity index is 2.00. The number of rotatable bonds is 5. The first-order valence-corrected chi connectivity index (χ1v) is 9.71. The number of nitrogens with zero attached hydrogens (tertiary/aromatic N) is 1. The van der Waals surface area contributed by atoms with Crippen LogP contribution in [-0.4, -0.2) is 55.2 Å². The lowest BCUT2D eigenvalue weighted by molar-refractivity contribution is -0.142. The van der Waals surface area contributed by atoms with E-state index in [4.69, 9.17) is 4.74 Å². The van der Waals surface area contributed by atoms with Gasteiger partial charge in [0.1, 0.15) is 12.1 Å². The maximum atomic E-state index is 12.3. The number of esters is 1. The van der Waals surface area contributed by atoms with Crippen LogP contribution in [0.2, 0.25) is 0 Å². The molecule has 0 unspecified atom stereocenters. The summed E-state index contributed by atoms with van der Waals surface area (Å²) >= 11 is 0. The molecule has 2 heterocycles. The van der Waals surface area contributed by atoms with Crippen molar-refractivity contribution < 1.29 is 17.9 Å². The minimum Gasteiger partial charge on any atom is -0.461 e. The fourth-order valence-electron chi connectivity index (χ4n) is 3.31. The van der Waals surface area contributed by atoms with E-state index in [-0.39, 0.29) is 35.3 Å². The summed E-state index contributed by atoms with van der Waals surface area (Å²) in [5.74, 6) is 0.0468. The van der Waals surface area contributed by atoms with Crippen LogP contribution in [0.15, 0.2) is 0 Å². The van der Waals surface area contributed by atoms with Gasteiger partial charge in [0.15, 0.2) is 0 Å². The minimum atomic E-state index is -3.20. The first-order chi connectivity index (χ1) is 10.3. The van der Waals surface area contributed by atoms with E-state index in [1.54, 1.807) is 18.2 Å². The van der Waals surface area contributed by atoms with E-state index >= 15 is 0 Å². The van der Waals surface area contributed by atoms with Crippen molar-refractivity contribution in [3.05, 3.63) is 0 Å². The maximum Gasteiger partial charge on any atom is 0.323 e. The summed E-state index contributed by atoms with van der Waals surface area (Å²) < 4.78 is 31.4. The van der Waals surface area contributed by atoms with Gasteiger partial charge in [-0.15, -0.1) is 0 Å². The van der Waals surface area contributed by atoms with Crippen LogP contribution >= 0.6 is 0 Å². The highest BCUT2D eigenvalue weighted by Crippen LogP contribution is 2.26. The van der Waals surface area contributed by atoms with E-state index in [2.05, 4.69) is 12.2 Å². The Bertz CT molecular complexity index is 506. The molecule has 0 radical (unpaired) electrons. The van der Waals surface area contributed by atoms with Crippen LogP contribution in [0, 0.1) is 5.92 Å². The number of piperidine rings is 1. The van der Waals surface area contributed by atoms with Crippen molar-refractivity contribution in [1.29, 1.82) is 0 Å². The molecule has 0 aromatic heterocycles. The van der Waals surface area contributed by atoms with Crippen LogP contribution in [-0.2, 0) is 19.6 Å². The first-order valence-electron chi connectivity index (χ1n) is 8.21. The predicted molar refractivity (Wildman–Crippen MR) is 84.9 cm³/mol. The van der Waals surface area contributed by atoms with Crippen LogP contribution in [0.5, 0.6) is 0 Å². The molecule has 2 fully saturated rings. The van der Waals surface area contributed by atoms with Crippen molar-refractivity contribution in [2.75, 3.05) is 13.1 Å². The minimum absolute atomic E-state index is 0.0357. The molecule has 2 rings (SSSR count). The Morgan fingerprint density at radius 2 is 2.09 bits per heavy atom. The van der Waals surface area contributed by atoms with E-state index in [0.29, 0.717) is 19.5 Å². The maximum absolute atomic E-state index is 12.3. The lowest BCUT2D eigenvalue weighted by Gasteiger charge is -2.39. The zero-order valence-electron chi connectivity index (χ0n) is 13.9. The molecule has 2 aliphatic rings. The van der Waals surface area contributed by atoms with Gasteiger partial charge in [0.05, 0.1) is 5.25 Å². The summed E-state index contributed by atoms with van der Waals surface area (Å²) in [6.45, 7) is 8.46. The first kappa shape index (κ1) is 17.7. The highest BCUT2D eigenvalue weighted by Gasteiger charge is 2.39. The molecule has 22 heavy (non-hydrogen) atoms. The fraction of sp³-hybridized carbons (Fsp3) is 0.933. The molecule has 0 amide bonds. The molecule has 0 aromatic carbocycles. The summed E-state index contributed by atoms with van der Waals surface area (Å²) in [5.41, 5.74) is 0. The van der Waals surface area contributed by atoms with E-state index in [9.17, 15) is 13.2 Å². The Labute approximate surface area is 133 Å². The topological polar surface area (TPSA) is 75.7 Å². The summed E-state index contributed by atoms with van der Waals surface area (Å²) in [5, 5.41) is 3.02. The molecule has 6 nitrogen and oxygen atoms in total. The Kier molecular flexibility index (Phi) is 5.50. The normalized spacial score (nSPS) is 34.1. The number of carbonyl (C=O) groups is 1. The Morgan fingerprint density at radius 1 is 1.41 bits per heavy atom. The van der Waals surface area contributed by atoms with Gasteiger partial charge in [0, 0.05) is 25.6 Å². The van der Waals surface area contributed by atoms with Crippen LogP contribution in [0.25, 0.3) is 0 Å². The van der Waals surface area contributed by atoms with Crippen molar-refractivity contribution in [3.8, 4) is 0 Å². The third kappa shape index (κ3) is 3.63. The Morgan fingerprint density at radius 3 is 2.59 bits per heavy atom. The molecule has 2 aliphatic heterocycles. The van der Waals surface area contributed by atoms with Gasteiger partial charge in [-0.2, -0.15) is 0 Å². The van der Waals surface area contributed by atoms with Gasteiger partial charge in [-0.25, -0.2) is 12.7 Å². The van der Waals surface area contributed by atoms with Crippen LogP contribution < -0.4 is 5.32 Å². The molecule has 7 heteroatoms. The van der Waals surface area contributed by atoms with Gasteiger partial charge in [0.2, 0.25) is 10.0 Å². The number of nitrogens with one attached hydrogen (secondary N) is 1. The number of carbonyl (C=O) groups excluding carboxylic acids is 1. The second-order valence-electron chi connectivity index (χ2n) is 6.72. The van der Waals surface area contributed by atoms with Crippen LogP contribution in [0.3, 0.4) is 0 Å². The average Bonchev–Trinajstić information content (AvgIpc) is 2.76. The second kappa shape index (κ2) is 6.84. The lowest BCUT2D eigenvalue weighted by atomic mass is 9.90. The third-order valence-electron chi connectivity index (χ3n) is 4.76. The molecule has 128 valence electrons. The predicted octanol–water partition coefficient (Wildman–Crippen LogP) is 1.12. The van der Waals surface area contributed by atoms with Crippen molar-refractivity contribution in [2.24, 2.45) is 5.92 Å². The number of hydrogen-bond acceptors (Lipinski definition) is 5. The summed E-state index contributed by atoms with van der Waals surface area (Å²) in [7, 11) is -3.20. The van der Waals surface area contributed by atoms with Gasteiger partial charge in [0.25, 0.3) is 0 Å². The van der Waals surface area contributed by atoms with Gasteiger partial charge < -0.3 is 10.1 Å². The highest BCUT2D eigenvalue weighted by atomic mass is 32.2. The third-order valence-corrected chi connectivity index (χ3v) is 7.00. The van der Waals surface area contributed by atoms with E-state index in [0.717, 1.165) is 12.8 Å². The summed E-state index contributed by atoms with van der Waals surface area (Å²) in [6.07, 6.45) is 2.29. The molecule has 4 atom stereocenters. The molecule has 0 aromatic rings. The van der Waals surface area contributed by atoms with E-state index in [1.807, 2.05) is 6.92 Å². The second-order valence-corrected chi connectivity index (χ2v) is 9.21. The molecule has 1 N–H and O–H groups in total. The Hall–Kier alpha value is -0.660. The summed E-state index contributed by atoms with van der Waals surface area (Å²) in [4.78, 5) is 11.8. The molecule has 2 saturated heterocycles. The number of cyclic esters (lactones) is 1. The molecular weight excluding hydrogens is 304 g/mol. The highest BCUT2D eigenvalue weighted by molar-refractivity contribution is 7.89. The SMILES string of the molecule is CC[C@@H]1CN(S(=O)(=O)C(C)C)CC[C@@H]1N[C@@H]1C[C@@H](C)OC1=O.